The SMILES string of the molecule is [CH2]C(OCCC)C(C)CC. The van der Waals surface area contributed by atoms with Crippen molar-refractivity contribution in [2.24, 2.45) is 5.92 Å². The van der Waals surface area contributed by atoms with Crippen molar-refractivity contribution in [2.75, 3.05) is 6.61 Å². The molecule has 0 rings (SSSR count). The second-order valence-electron chi connectivity index (χ2n) is 2.79. The molecule has 2 unspecified atom stereocenters. The monoisotopic (exact) mass is 143 g/mol. The van der Waals surface area contributed by atoms with Crippen LogP contribution in [0.5, 0.6) is 0 Å². The third-order valence-electron chi connectivity index (χ3n) is 1.81. The minimum Gasteiger partial charge on any atom is -0.378 e. The Morgan fingerprint density at radius 1 is 1.40 bits per heavy atom. The maximum Gasteiger partial charge on any atom is 0.0601 e. The molecule has 0 N–H and O–H groups in total. The summed E-state index contributed by atoms with van der Waals surface area (Å²) in [5, 5.41) is 0. The van der Waals surface area contributed by atoms with Crippen LogP contribution in [0.2, 0.25) is 0 Å². The topological polar surface area (TPSA) is 9.23 Å². The van der Waals surface area contributed by atoms with Crippen LogP contribution in [0, 0.1) is 12.8 Å². The molecule has 0 aliphatic rings. The van der Waals surface area contributed by atoms with Crippen LogP contribution in [0.25, 0.3) is 0 Å². The highest BCUT2D eigenvalue weighted by Crippen LogP contribution is 2.09. The van der Waals surface area contributed by atoms with Crippen molar-refractivity contribution in [3.05, 3.63) is 6.92 Å². The Bertz CT molecular complexity index is 71.1. The van der Waals surface area contributed by atoms with Crippen molar-refractivity contribution in [3.8, 4) is 0 Å². The van der Waals surface area contributed by atoms with E-state index in [2.05, 4.69) is 27.7 Å². The highest BCUT2D eigenvalue weighted by molar-refractivity contribution is 4.66. The molecule has 0 aliphatic carbocycles. The predicted octanol–water partition coefficient (Wildman–Crippen LogP) is 2.66. The Kier molecular flexibility index (Phi) is 5.70. The Hall–Kier alpha value is -0.0400. The minimum absolute atomic E-state index is 0.185. The van der Waals surface area contributed by atoms with E-state index in [0.717, 1.165) is 19.4 Å². The molecule has 0 aromatic rings. The van der Waals surface area contributed by atoms with Crippen LogP contribution in [0.3, 0.4) is 0 Å². The molecule has 10 heavy (non-hydrogen) atoms. The summed E-state index contributed by atoms with van der Waals surface area (Å²) in [4.78, 5) is 0. The van der Waals surface area contributed by atoms with E-state index in [-0.39, 0.29) is 6.10 Å². The van der Waals surface area contributed by atoms with E-state index in [9.17, 15) is 0 Å². The molecule has 0 amide bonds. The summed E-state index contributed by atoms with van der Waals surface area (Å²) < 4.78 is 5.43. The Morgan fingerprint density at radius 2 is 2.00 bits per heavy atom. The minimum atomic E-state index is 0.185. The summed E-state index contributed by atoms with van der Waals surface area (Å²) in [6.07, 6.45) is 2.42. The Labute approximate surface area is 64.8 Å². The number of rotatable bonds is 5. The van der Waals surface area contributed by atoms with E-state index in [0.29, 0.717) is 5.92 Å². The lowest BCUT2D eigenvalue weighted by Crippen LogP contribution is -2.18. The molecule has 0 aliphatic heterocycles. The molecule has 0 aromatic heterocycles. The largest absolute Gasteiger partial charge is 0.378 e. The van der Waals surface area contributed by atoms with Crippen molar-refractivity contribution >= 4 is 0 Å². The van der Waals surface area contributed by atoms with Gasteiger partial charge in [-0.25, -0.2) is 0 Å². The molecule has 0 heterocycles. The van der Waals surface area contributed by atoms with Gasteiger partial charge in [-0.1, -0.05) is 27.2 Å². The molecule has 1 heteroatoms. The van der Waals surface area contributed by atoms with Gasteiger partial charge in [0, 0.05) is 6.61 Å². The molecule has 0 saturated heterocycles. The maximum absolute atomic E-state index is 5.43. The van der Waals surface area contributed by atoms with E-state index in [1.165, 1.54) is 0 Å². The summed E-state index contributed by atoms with van der Waals surface area (Å²) in [7, 11) is 0. The number of ether oxygens (including phenoxy) is 1. The van der Waals surface area contributed by atoms with Gasteiger partial charge in [-0.05, 0) is 19.3 Å². The van der Waals surface area contributed by atoms with E-state index >= 15 is 0 Å². The van der Waals surface area contributed by atoms with Gasteiger partial charge in [0.15, 0.2) is 0 Å². The predicted molar refractivity (Wildman–Crippen MR) is 44.8 cm³/mol. The first-order valence-electron chi connectivity index (χ1n) is 4.17. The molecule has 0 fully saturated rings. The fourth-order valence-electron chi connectivity index (χ4n) is 0.696. The molecule has 1 nitrogen and oxygen atoms in total. The first-order chi connectivity index (χ1) is 4.72. The average Bonchev–Trinajstić information content (AvgIpc) is 1.98. The summed E-state index contributed by atoms with van der Waals surface area (Å²) in [6, 6.07) is 0. The van der Waals surface area contributed by atoms with Gasteiger partial charge >= 0.3 is 0 Å². The zero-order valence-electron chi connectivity index (χ0n) is 7.39. The van der Waals surface area contributed by atoms with Crippen LogP contribution in [0.4, 0.5) is 0 Å². The Balaban J connectivity index is 3.31. The normalized spacial score (nSPS) is 16.8. The second-order valence-corrected chi connectivity index (χ2v) is 2.79. The first kappa shape index (κ1) is 9.96. The van der Waals surface area contributed by atoms with E-state index in [1.807, 2.05) is 0 Å². The van der Waals surface area contributed by atoms with Crippen LogP contribution in [-0.4, -0.2) is 12.7 Å². The number of hydrogen-bond donors (Lipinski definition) is 0. The smallest absolute Gasteiger partial charge is 0.0601 e. The van der Waals surface area contributed by atoms with Gasteiger partial charge in [0.2, 0.25) is 0 Å². The van der Waals surface area contributed by atoms with Gasteiger partial charge in [0.1, 0.15) is 0 Å². The van der Waals surface area contributed by atoms with Gasteiger partial charge in [0.05, 0.1) is 6.10 Å². The number of hydrogen-bond acceptors (Lipinski definition) is 1. The molecule has 0 saturated carbocycles. The van der Waals surface area contributed by atoms with Crippen molar-refractivity contribution in [2.45, 2.75) is 39.7 Å². The summed E-state index contributed by atoms with van der Waals surface area (Å²) in [5.41, 5.74) is 0. The molecule has 0 spiro atoms. The molecule has 61 valence electrons. The lowest BCUT2D eigenvalue weighted by molar-refractivity contribution is 0.0473. The van der Waals surface area contributed by atoms with Crippen molar-refractivity contribution in [1.29, 1.82) is 0 Å². The van der Waals surface area contributed by atoms with Crippen molar-refractivity contribution < 1.29 is 4.74 Å². The Morgan fingerprint density at radius 3 is 2.40 bits per heavy atom. The highest BCUT2D eigenvalue weighted by atomic mass is 16.5. The zero-order chi connectivity index (χ0) is 7.98. The summed E-state index contributed by atoms with van der Waals surface area (Å²) in [5.74, 6) is 0.589. The van der Waals surface area contributed by atoms with Gasteiger partial charge < -0.3 is 4.74 Å². The molecular formula is C9H19O. The van der Waals surface area contributed by atoms with Crippen LogP contribution in [0.1, 0.15) is 33.6 Å². The molecule has 2 atom stereocenters. The van der Waals surface area contributed by atoms with Crippen LogP contribution in [-0.2, 0) is 4.74 Å². The standard InChI is InChI=1S/C9H19O/c1-5-7-10-9(4)8(3)6-2/h8-9H,4-7H2,1-3H3. The summed E-state index contributed by atoms with van der Waals surface area (Å²) >= 11 is 0. The lowest BCUT2D eigenvalue weighted by atomic mass is 10.0. The lowest BCUT2D eigenvalue weighted by Gasteiger charge is -2.18. The van der Waals surface area contributed by atoms with Gasteiger partial charge in [-0.2, -0.15) is 0 Å². The maximum atomic E-state index is 5.43. The van der Waals surface area contributed by atoms with Crippen molar-refractivity contribution in [1.82, 2.24) is 0 Å². The summed E-state index contributed by atoms with van der Waals surface area (Å²) in [6.45, 7) is 11.2. The van der Waals surface area contributed by atoms with Crippen LogP contribution >= 0.6 is 0 Å². The van der Waals surface area contributed by atoms with Gasteiger partial charge in [-0.15, -0.1) is 0 Å². The second kappa shape index (κ2) is 5.72. The molecule has 0 bridgehead atoms. The van der Waals surface area contributed by atoms with E-state index in [1.54, 1.807) is 0 Å². The fourth-order valence-corrected chi connectivity index (χ4v) is 0.696. The van der Waals surface area contributed by atoms with Crippen molar-refractivity contribution in [3.63, 3.8) is 0 Å². The third kappa shape index (κ3) is 3.89. The van der Waals surface area contributed by atoms with Crippen LogP contribution in [0.15, 0.2) is 0 Å². The van der Waals surface area contributed by atoms with Crippen LogP contribution < -0.4 is 0 Å². The molecule has 0 aromatic carbocycles. The van der Waals surface area contributed by atoms with Gasteiger partial charge in [-0.3, -0.25) is 0 Å². The van der Waals surface area contributed by atoms with Gasteiger partial charge in [0.25, 0.3) is 0 Å². The quantitative estimate of drug-likeness (QED) is 0.575. The first-order valence-corrected chi connectivity index (χ1v) is 4.17. The van der Waals surface area contributed by atoms with E-state index < -0.39 is 0 Å². The zero-order valence-corrected chi connectivity index (χ0v) is 7.39. The fraction of sp³-hybridized carbons (Fsp3) is 0.889. The average molecular weight is 143 g/mol. The molecule has 1 radical (unpaired) electrons. The highest BCUT2D eigenvalue weighted by Gasteiger charge is 2.08. The third-order valence-corrected chi connectivity index (χ3v) is 1.81. The van der Waals surface area contributed by atoms with E-state index in [4.69, 9.17) is 4.74 Å². The molecular weight excluding hydrogens is 124 g/mol.